The molecular formula is C26H34N6O4S2. The standard InChI is InChI=1S/C26H34N6O4S2/c1-5-28-38(34,35)23-14-20(29-24-13-6-17(4)31-32-24)11-12-21(23)22-15-27-25(37-22)18-7-9-19(10-8-18)30-26(33)36-16(2)3/h6,11-16,18-19,28H,5,7-10H2,1-4H3,(H,29,32)(H,30,33). The topological polar surface area (TPSA) is 135 Å². The van der Waals surface area contributed by atoms with E-state index < -0.39 is 10.0 Å². The van der Waals surface area contributed by atoms with Gasteiger partial charge in [0, 0.05) is 36.0 Å². The van der Waals surface area contributed by atoms with Crippen LogP contribution in [0.15, 0.2) is 41.4 Å². The number of carbonyl (C=O) groups excluding carboxylic acids is 1. The highest BCUT2D eigenvalue weighted by Gasteiger charge is 2.27. The first-order valence-corrected chi connectivity index (χ1v) is 15.1. The largest absolute Gasteiger partial charge is 0.447 e. The molecule has 0 spiro atoms. The first kappa shape index (κ1) is 27.9. The third kappa shape index (κ3) is 7.06. The van der Waals surface area contributed by atoms with E-state index in [2.05, 4.69) is 30.5 Å². The summed E-state index contributed by atoms with van der Waals surface area (Å²) < 4.78 is 34.1. The van der Waals surface area contributed by atoms with Gasteiger partial charge < -0.3 is 15.4 Å². The van der Waals surface area contributed by atoms with Crippen molar-refractivity contribution < 1.29 is 17.9 Å². The number of aryl methyl sites for hydroxylation is 1. The van der Waals surface area contributed by atoms with Crippen LogP contribution in [0.1, 0.15) is 63.1 Å². The number of nitrogens with zero attached hydrogens (tertiary/aromatic N) is 3. The lowest BCUT2D eigenvalue weighted by molar-refractivity contribution is 0.109. The van der Waals surface area contributed by atoms with E-state index in [0.29, 0.717) is 17.1 Å². The van der Waals surface area contributed by atoms with Crippen LogP contribution in [-0.2, 0) is 14.8 Å². The van der Waals surface area contributed by atoms with Gasteiger partial charge in [0.05, 0.1) is 26.6 Å². The number of amides is 1. The molecule has 3 N–H and O–H groups in total. The minimum atomic E-state index is -3.75. The van der Waals surface area contributed by atoms with Gasteiger partial charge in [-0.25, -0.2) is 22.9 Å². The van der Waals surface area contributed by atoms with E-state index in [4.69, 9.17) is 4.74 Å². The van der Waals surface area contributed by atoms with Gasteiger partial charge in [-0.05, 0) is 70.7 Å². The summed E-state index contributed by atoms with van der Waals surface area (Å²) in [6, 6.07) is 8.95. The average molecular weight is 559 g/mol. The fourth-order valence-electron chi connectivity index (χ4n) is 4.41. The highest BCUT2D eigenvalue weighted by Crippen LogP contribution is 2.40. The van der Waals surface area contributed by atoms with Gasteiger partial charge in [0.2, 0.25) is 10.0 Å². The molecule has 2 heterocycles. The Morgan fingerprint density at radius 2 is 1.89 bits per heavy atom. The predicted octanol–water partition coefficient (Wildman–Crippen LogP) is 5.11. The number of aromatic nitrogens is 3. The van der Waals surface area contributed by atoms with Gasteiger partial charge in [-0.2, -0.15) is 5.10 Å². The van der Waals surface area contributed by atoms with Crippen LogP contribution in [0.25, 0.3) is 10.4 Å². The second kappa shape index (κ2) is 12.2. The maximum Gasteiger partial charge on any atom is 0.407 e. The van der Waals surface area contributed by atoms with E-state index in [-0.39, 0.29) is 35.6 Å². The van der Waals surface area contributed by atoms with Gasteiger partial charge in [-0.15, -0.1) is 16.4 Å². The Labute approximate surface area is 227 Å². The average Bonchev–Trinajstić information content (AvgIpc) is 3.35. The monoisotopic (exact) mass is 558 g/mol. The minimum absolute atomic E-state index is 0.0899. The molecule has 0 aliphatic heterocycles. The van der Waals surface area contributed by atoms with Crippen LogP contribution in [0, 0.1) is 6.92 Å². The zero-order chi connectivity index (χ0) is 27.3. The lowest BCUT2D eigenvalue weighted by Gasteiger charge is -2.28. The molecule has 1 amide bonds. The molecule has 0 radical (unpaired) electrons. The second-order valence-electron chi connectivity index (χ2n) is 9.61. The normalized spacial score (nSPS) is 17.8. The molecule has 1 fully saturated rings. The van der Waals surface area contributed by atoms with Gasteiger partial charge in [-0.3, -0.25) is 0 Å². The molecule has 0 saturated heterocycles. The van der Waals surface area contributed by atoms with E-state index in [1.54, 1.807) is 31.3 Å². The number of nitrogens with one attached hydrogen (secondary N) is 3. The summed E-state index contributed by atoms with van der Waals surface area (Å²) in [5, 5.41) is 15.2. The smallest absolute Gasteiger partial charge is 0.407 e. The van der Waals surface area contributed by atoms with Crippen molar-refractivity contribution in [1.82, 2.24) is 25.2 Å². The van der Waals surface area contributed by atoms with E-state index in [1.165, 1.54) is 11.3 Å². The van der Waals surface area contributed by atoms with Crippen LogP contribution in [0.4, 0.5) is 16.3 Å². The summed E-state index contributed by atoms with van der Waals surface area (Å²) in [5.74, 6) is 0.792. The molecule has 1 aliphatic rings. The Kier molecular flexibility index (Phi) is 8.95. The number of benzene rings is 1. The Balaban J connectivity index is 1.52. The van der Waals surface area contributed by atoms with Gasteiger partial charge in [0.1, 0.15) is 0 Å². The number of hydrogen-bond donors (Lipinski definition) is 3. The van der Waals surface area contributed by atoms with Crippen LogP contribution in [0.3, 0.4) is 0 Å². The third-order valence-corrected chi connectivity index (χ3v) is 8.98. The summed E-state index contributed by atoms with van der Waals surface area (Å²) in [7, 11) is -3.75. The van der Waals surface area contributed by atoms with Crippen molar-refractivity contribution in [2.45, 2.75) is 76.3 Å². The maximum absolute atomic E-state index is 13.1. The molecule has 10 nitrogen and oxygen atoms in total. The van der Waals surface area contributed by atoms with Crippen molar-refractivity contribution in [3.05, 3.63) is 47.2 Å². The highest BCUT2D eigenvalue weighted by molar-refractivity contribution is 7.89. The first-order valence-electron chi connectivity index (χ1n) is 12.8. The first-order chi connectivity index (χ1) is 18.1. The molecule has 1 aromatic carbocycles. The highest BCUT2D eigenvalue weighted by atomic mass is 32.2. The van der Waals surface area contributed by atoms with E-state index >= 15 is 0 Å². The lowest BCUT2D eigenvalue weighted by Crippen LogP contribution is -2.38. The molecule has 1 aliphatic carbocycles. The zero-order valence-electron chi connectivity index (χ0n) is 22.0. The van der Waals surface area contributed by atoms with Gasteiger partial charge in [0.15, 0.2) is 5.82 Å². The molecular weight excluding hydrogens is 524 g/mol. The van der Waals surface area contributed by atoms with Crippen LogP contribution in [-0.4, -0.2) is 48.4 Å². The number of sulfonamides is 1. The molecule has 0 bridgehead atoms. The fraction of sp³-hybridized carbons (Fsp3) is 0.462. The summed E-state index contributed by atoms with van der Waals surface area (Å²) in [6.07, 6.45) is 4.70. The zero-order valence-corrected chi connectivity index (χ0v) is 23.7. The minimum Gasteiger partial charge on any atom is -0.447 e. The van der Waals surface area contributed by atoms with E-state index in [9.17, 15) is 13.2 Å². The Bertz CT molecular complexity index is 1350. The van der Waals surface area contributed by atoms with Gasteiger partial charge in [-0.1, -0.05) is 13.0 Å². The number of alkyl carbamates (subject to hydrolysis) is 1. The Morgan fingerprint density at radius 1 is 1.13 bits per heavy atom. The number of hydrogen-bond acceptors (Lipinski definition) is 9. The van der Waals surface area contributed by atoms with Crippen molar-refractivity contribution in [2.24, 2.45) is 0 Å². The molecule has 38 heavy (non-hydrogen) atoms. The van der Waals surface area contributed by atoms with Crippen LogP contribution in [0.5, 0.6) is 0 Å². The quantitative estimate of drug-likeness (QED) is 0.330. The van der Waals surface area contributed by atoms with Crippen LogP contribution >= 0.6 is 11.3 Å². The van der Waals surface area contributed by atoms with E-state index in [1.807, 2.05) is 32.9 Å². The molecule has 12 heteroatoms. The maximum atomic E-state index is 13.1. The summed E-state index contributed by atoms with van der Waals surface area (Å²) in [4.78, 5) is 17.6. The van der Waals surface area contributed by atoms with Crippen molar-refractivity contribution in [2.75, 3.05) is 11.9 Å². The Morgan fingerprint density at radius 3 is 2.55 bits per heavy atom. The van der Waals surface area contributed by atoms with Crippen molar-refractivity contribution in [1.29, 1.82) is 0 Å². The van der Waals surface area contributed by atoms with Crippen molar-refractivity contribution >= 4 is 39.0 Å². The van der Waals surface area contributed by atoms with Crippen LogP contribution in [0.2, 0.25) is 0 Å². The lowest BCUT2D eigenvalue weighted by atomic mass is 9.86. The molecule has 0 unspecified atom stereocenters. The van der Waals surface area contributed by atoms with Crippen molar-refractivity contribution in [3.8, 4) is 10.4 Å². The van der Waals surface area contributed by atoms with E-state index in [0.717, 1.165) is 41.3 Å². The number of carbonyl (C=O) groups is 1. The summed E-state index contributed by atoms with van der Waals surface area (Å²) >= 11 is 1.52. The van der Waals surface area contributed by atoms with Gasteiger partial charge >= 0.3 is 6.09 Å². The molecule has 0 atom stereocenters. The molecule has 4 rings (SSSR count). The second-order valence-corrected chi connectivity index (χ2v) is 12.4. The summed E-state index contributed by atoms with van der Waals surface area (Å²) in [5.41, 5.74) is 1.98. The number of ether oxygens (including phenoxy) is 1. The fourth-order valence-corrected chi connectivity index (χ4v) is 6.88. The molecule has 204 valence electrons. The number of rotatable bonds is 9. The third-order valence-electron chi connectivity index (χ3n) is 6.21. The predicted molar refractivity (Wildman–Crippen MR) is 148 cm³/mol. The number of thiazole rings is 1. The van der Waals surface area contributed by atoms with Crippen molar-refractivity contribution in [3.63, 3.8) is 0 Å². The molecule has 2 aromatic heterocycles. The Hall–Kier alpha value is -3.09. The SMILES string of the molecule is CCNS(=O)(=O)c1cc(Nc2ccc(C)nn2)ccc1-c1cnc(C2CCC(NC(=O)OC(C)C)CC2)s1. The number of anilines is 2. The summed E-state index contributed by atoms with van der Waals surface area (Å²) in [6.45, 7) is 7.53. The van der Waals surface area contributed by atoms with Crippen LogP contribution < -0.4 is 15.4 Å². The molecule has 1 saturated carbocycles. The van der Waals surface area contributed by atoms with Gasteiger partial charge in [0.25, 0.3) is 0 Å². The molecule has 3 aromatic rings.